The Kier molecular flexibility index (Phi) is 2.46. The first-order valence-electron chi connectivity index (χ1n) is 3.66. The molecule has 0 atom stereocenters. The molecule has 66 valence electrons. The van der Waals surface area contributed by atoms with Gasteiger partial charge in [0, 0.05) is 22.8 Å². The van der Waals surface area contributed by atoms with Gasteiger partial charge >= 0.3 is 0 Å². The summed E-state index contributed by atoms with van der Waals surface area (Å²) < 4.78 is 23.3. The molecule has 1 fully saturated rings. The molecular formula is C6H12ClNO2S. The highest BCUT2D eigenvalue weighted by Crippen LogP contribution is 2.32. The highest BCUT2D eigenvalue weighted by atomic mass is 35.7. The highest BCUT2D eigenvalue weighted by Gasteiger charge is 2.37. The van der Waals surface area contributed by atoms with Crippen LogP contribution in [0.4, 0.5) is 0 Å². The van der Waals surface area contributed by atoms with Crippen LogP contribution in [-0.2, 0) is 9.24 Å². The van der Waals surface area contributed by atoms with Crippen LogP contribution in [-0.4, -0.2) is 24.8 Å². The van der Waals surface area contributed by atoms with E-state index in [2.05, 4.69) is 0 Å². The maximum Gasteiger partial charge on any atom is 0.300 e. The average molecular weight is 198 g/mol. The van der Waals surface area contributed by atoms with Crippen molar-refractivity contribution in [3.05, 3.63) is 0 Å². The van der Waals surface area contributed by atoms with Crippen LogP contribution >= 0.6 is 10.7 Å². The molecular weight excluding hydrogens is 186 g/mol. The number of hydrogen-bond acceptors (Lipinski definition) is 2. The average Bonchev–Trinajstić information content (AvgIpc) is 2.42. The second-order valence-electron chi connectivity index (χ2n) is 3.10. The van der Waals surface area contributed by atoms with Gasteiger partial charge in [0.05, 0.1) is 0 Å². The third-order valence-corrected chi connectivity index (χ3v) is 3.37. The van der Waals surface area contributed by atoms with Crippen molar-refractivity contribution in [1.29, 1.82) is 0 Å². The normalized spacial score (nSPS) is 19.7. The molecule has 1 rings (SSSR count). The summed E-state index contributed by atoms with van der Waals surface area (Å²) in [6.07, 6.45) is 1.90. The number of halogens is 1. The summed E-state index contributed by atoms with van der Waals surface area (Å²) in [5.41, 5.74) is 0. The van der Waals surface area contributed by atoms with Gasteiger partial charge in [0.1, 0.15) is 0 Å². The Labute approximate surface area is 71.9 Å². The lowest BCUT2D eigenvalue weighted by molar-refractivity contribution is 0.354. The first-order chi connectivity index (χ1) is 4.93. The van der Waals surface area contributed by atoms with Crippen molar-refractivity contribution in [2.75, 3.05) is 0 Å². The number of nitrogens with zero attached hydrogens (tertiary/aromatic N) is 1. The van der Waals surface area contributed by atoms with Crippen LogP contribution in [0.2, 0.25) is 0 Å². The molecule has 1 saturated carbocycles. The van der Waals surface area contributed by atoms with Crippen molar-refractivity contribution in [3.63, 3.8) is 0 Å². The SMILES string of the molecule is CC(C)N(C1CC1)S(=O)(=O)Cl. The van der Waals surface area contributed by atoms with E-state index in [9.17, 15) is 8.42 Å². The molecule has 0 amide bonds. The minimum absolute atomic E-state index is 0.0231. The van der Waals surface area contributed by atoms with Crippen molar-refractivity contribution < 1.29 is 8.42 Å². The van der Waals surface area contributed by atoms with E-state index in [0.29, 0.717) is 0 Å². The van der Waals surface area contributed by atoms with E-state index in [4.69, 9.17) is 10.7 Å². The Hall–Kier alpha value is 0.200. The summed E-state index contributed by atoms with van der Waals surface area (Å²) in [7, 11) is 1.73. The summed E-state index contributed by atoms with van der Waals surface area (Å²) in [4.78, 5) is 0. The maximum absolute atomic E-state index is 10.9. The molecule has 1 aliphatic carbocycles. The summed E-state index contributed by atoms with van der Waals surface area (Å²) in [5, 5.41) is 0. The van der Waals surface area contributed by atoms with Gasteiger partial charge in [0.2, 0.25) is 0 Å². The quantitative estimate of drug-likeness (QED) is 0.641. The molecule has 0 aromatic heterocycles. The van der Waals surface area contributed by atoms with Crippen LogP contribution in [0.25, 0.3) is 0 Å². The molecule has 0 unspecified atom stereocenters. The first kappa shape index (κ1) is 9.29. The topological polar surface area (TPSA) is 37.4 Å². The monoisotopic (exact) mass is 197 g/mol. The summed E-state index contributed by atoms with van der Waals surface area (Å²) in [6, 6.07) is 0.141. The van der Waals surface area contributed by atoms with Crippen LogP contribution in [0.5, 0.6) is 0 Å². The molecule has 5 heteroatoms. The van der Waals surface area contributed by atoms with Gasteiger partial charge in [0.25, 0.3) is 9.24 Å². The zero-order valence-electron chi connectivity index (χ0n) is 6.62. The second kappa shape index (κ2) is 2.92. The second-order valence-corrected chi connectivity index (χ2v) is 5.51. The van der Waals surface area contributed by atoms with Crippen LogP contribution in [0, 0.1) is 0 Å². The minimum Gasteiger partial charge on any atom is -0.195 e. The Morgan fingerprint density at radius 1 is 1.45 bits per heavy atom. The van der Waals surface area contributed by atoms with Crippen molar-refractivity contribution in [3.8, 4) is 0 Å². The maximum atomic E-state index is 10.9. The molecule has 0 radical (unpaired) electrons. The lowest BCUT2D eigenvalue weighted by Gasteiger charge is -2.21. The third-order valence-electron chi connectivity index (χ3n) is 1.67. The zero-order valence-corrected chi connectivity index (χ0v) is 8.19. The first-order valence-corrected chi connectivity index (χ1v) is 5.92. The lowest BCUT2D eigenvalue weighted by Crippen LogP contribution is -2.35. The van der Waals surface area contributed by atoms with Gasteiger partial charge in [-0.1, -0.05) is 0 Å². The van der Waals surface area contributed by atoms with Gasteiger partial charge in [0.15, 0.2) is 0 Å². The largest absolute Gasteiger partial charge is 0.300 e. The van der Waals surface area contributed by atoms with E-state index >= 15 is 0 Å². The predicted molar refractivity (Wildman–Crippen MR) is 44.8 cm³/mol. The fourth-order valence-electron chi connectivity index (χ4n) is 1.18. The molecule has 0 aromatic rings. The van der Waals surface area contributed by atoms with Crippen molar-refractivity contribution in [2.45, 2.75) is 38.8 Å². The Morgan fingerprint density at radius 3 is 2.00 bits per heavy atom. The van der Waals surface area contributed by atoms with E-state index in [-0.39, 0.29) is 12.1 Å². The molecule has 0 spiro atoms. The van der Waals surface area contributed by atoms with Crippen LogP contribution in [0.1, 0.15) is 26.7 Å². The fraction of sp³-hybridized carbons (Fsp3) is 1.00. The van der Waals surface area contributed by atoms with E-state index in [1.165, 1.54) is 4.31 Å². The highest BCUT2D eigenvalue weighted by molar-refractivity contribution is 8.11. The van der Waals surface area contributed by atoms with E-state index in [1.807, 2.05) is 13.8 Å². The number of hydrogen-bond donors (Lipinski definition) is 0. The Bertz CT molecular complexity index is 231. The molecule has 0 aliphatic heterocycles. The van der Waals surface area contributed by atoms with Gasteiger partial charge in [-0.15, -0.1) is 0 Å². The third kappa shape index (κ3) is 2.32. The van der Waals surface area contributed by atoms with E-state index in [0.717, 1.165) is 12.8 Å². The van der Waals surface area contributed by atoms with Crippen molar-refractivity contribution in [1.82, 2.24) is 4.31 Å². The van der Waals surface area contributed by atoms with E-state index < -0.39 is 9.24 Å². The molecule has 0 saturated heterocycles. The smallest absolute Gasteiger partial charge is 0.195 e. The zero-order chi connectivity index (χ0) is 8.65. The van der Waals surface area contributed by atoms with Gasteiger partial charge in [-0.2, -0.15) is 12.7 Å². The van der Waals surface area contributed by atoms with E-state index in [1.54, 1.807) is 0 Å². The predicted octanol–water partition coefficient (Wildman–Crippen LogP) is 1.34. The Balaban J connectivity index is 2.75. The van der Waals surface area contributed by atoms with Gasteiger partial charge in [-0.25, -0.2) is 0 Å². The molecule has 3 nitrogen and oxygen atoms in total. The molecule has 11 heavy (non-hydrogen) atoms. The summed E-state index contributed by atoms with van der Waals surface area (Å²) in [6.45, 7) is 3.66. The van der Waals surface area contributed by atoms with Gasteiger partial charge in [-0.05, 0) is 26.7 Å². The van der Waals surface area contributed by atoms with Crippen LogP contribution in [0.15, 0.2) is 0 Å². The molecule has 0 bridgehead atoms. The van der Waals surface area contributed by atoms with Crippen LogP contribution in [0.3, 0.4) is 0 Å². The van der Waals surface area contributed by atoms with Gasteiger partial charge < -0.3 is 0 Å². The van der Waals surface area contributed by atoms with Crippen LogP contribution < -0.4 is 0 Å². The Morgan fingerprint density at radius 2 is 1.91 bits per heavy atom. The molecule has 0 N–H and O–H groups in total. The number of rotatable bonds is 3. The van der Waals surface area contributed by atoms with Gasteiger partial charge in [-0.3, -0.25) is 0 Å². The molecule has 0 heterocycles. The standard InChI is InChI=1S/C6H12ClNO2S/c1-5(2)8(6-3-4-6)11(7,9)10/h5-6H,3-4H2,1-2H3. The van der Waals surface area contributed by atoms with Crippen molar-refractivity contribution >= 4 is 19.9 Å². The minimum atomic E-state index is -3.50. The van der Waals surface area contributed by atoms with Crippen molar-refractivity contribution in [2.24, 2.45) is 0 Å². The molecule has 1 aliphatic rings. The molecule has 0 aromatic carbocycles. The summed E-state index contributed by atoms with van der Waals surface area (Å²) in [5.74, 6) is 0. The lowest BCUT2D eigenvalue weighted by atomic mass is 10.4. The summed E-state index contributed by atoms with van der Waals surface area (Å²) >= 11 is 0. The fourth-order valence-corrected chi connectivity index (χ4v) is 3.07.